The first-order chi connectivity index (χ1) is 10.6. The molecular weight excluding hydrogens is 274 g/mol. The molecule has 1 fully saturated rings. The lowest BCUT2D eigenvalue weighted by molar-refractivity contribution is 0.0356. The van der Waals surface area contributed by atoms with E-state index < -0.39 is 0 Å². The van der Waals surface area contributed by atoms with Gasteiger partial charge >= 0.3 is 0 Å². The van der Waals surface area contributed by atoms with Gasteiger partial charge in [-0.05, 0) is 50.3 Å². The Kier molecular flexibility index (Phi) is 4.62. The quantitative estimate of drug-likeness (QED) is 0.870. The van der Waals surface area contributed by atoms with E-state index in [1.165, 1.54) is 31.2 Å². The van der Waals surface area contributed by atoms with Gasteiger partial charge in [0.25, 0.3) is 0 Å². The van der Waals surface area contributed by atoms with E-state index in [-0.39, 0.29) is 5.60 Å². The Morgan fingerprint density at radius 1 is 1.32 bits per heavy atom. The fourth-order valence-corrected chi connectivity index (χ4v) is 3.83. The molecule has 1 atom stereocenters. The van der Waals surface area contributed by atoms with Crippen molar-refractivity contribution in [3.63, 3.8) is 0 Å². The third-order valence-electron chi connectivity index (χ3n) is 4.81. The van der Waals surface area contributed by atoms with E-state index in [1.54, 1.807) is 0 Å². The Hall–Kier alpha value is -1.22. The predicted molar refractivity (Wildman–Crippen MR) is 89.6 cm³/mol. The number of rotatable bonds is 5. The maximum atomic E-state index is 6.48. The molecule has 3 rings (SSSR count). The second-order valence-electron chi connectivity index (χ2n) is 7.18. The molecular formula is C19H29NO2. The van der Waals surface area contributed by atoms with Crippen molar-refractivity contribution in [2.75, 3.05) is 13.2 Å². The lowest BCUT2D eigenvalue weighted by Crippen LogP contribution is -2.42. The van der Waals surface area contributed by atoms with Crippen molar-refractivity contribution < 1.29 is 9.47 Å². The molecule has 1 N–H and O–H groups in total. The van der Waals surface area contributed by atoms with Gasteiger partial charge in [0.15, 0.2) is 0 Å². The lowest BCUT2D eigenvalue weighted by Gasteiger charge is -2.41. The minimum absolute atomic E-state index is 0.0521. The summed E-state index contributed by atoms with van der Waals surface area (Å²) < 4.78 is 12.6. The molecule has 1 aliphatic carbocycles. The van der Waals surface area contributed by atoms with Crippen LogP contribution in [0, 0.1) is 5.92 Å². The molecule has 1 unspecified atom stereocenters. The molecule has 3 nitrogen and oxygen atoms in total. The smallest absolute Gasteiger partial charge is 0.128 e. The van der Waals surface area contributed by atoms with Gasteiger partial charge in [-0.15, -0.1) is 0 Å². The number of ether oxygens (including phenoxy) is 2. The van der Waals surface area contributed by atoms with Gasteiger partial charge in [0.2, 0.25) is 0 Å². The summed E-state index contributed by atoms with van der Waals surface area (Å²) in [5.74, 6) is 2.55. The van der Waals surface area contributed by atoms with E-state index in [1.807, 2.05) is 0 Å². The first-order valence-electron chi connectivity index (χ1n) is 8.81. The van der Waals surface area contributed by atoms with E-state index in [0.717, 1.165) is 31.1 Å². The van der Waals surface area contributed by atoms with Crippen LogP contribution < -0.4 is 14.8 Å². The molecule has 0 aromatic heterocycles. The highest BCUT2D eigenvalue weighted by Crippen LogP contribution is 2.49. The topological polar surface area (TPSA) is 30.5 Å². The second kappa shape index (κ2) is 6.49. The van der Waals surface area contributed by atoms with Gasteiger partial charge in [0.05, 0.1) is 12.2 Å². The summed E-state index contributed by atoms with van der Waals surface area (Å²) in [4.78, 5) is 0. The second-order valence-corrected chi connectivity index (χ2v) is 7.18. The van der Waals surface area contributed by atoms with E-state index in [9.17, 15) is 0 Å². The van der Waals surface area contributed by atoms with Crippen molar-refractivity contribution in [3.8, 4) is 11.5 Å². The van der Waals surface area contributed by atoms with Crippen LogP contribution >= 0.6 is 0 Å². The number of benzene rings is 1. The van der Waals surface area contributed by atoms with Crippen molar-refractivity contribution in [3.05, 3.63) is 23.8 Å². The number of hydrogen-bond donors (Lipinski definition) is 1. The van der Waals surface area contributed by atoms with Gasteiger partial charge in [-0.2, -0.15) is 0 Å². The minimum atomic E-state index is 0.0521. The maximum absolute atomic E-state index is 6.48. The third-order valence-corrected chi connectivity index (χ3v) is 4.81. The zero-order valence-electron chi connectivity index (χ0n) is 14.2. The van der Waals surface area contributed by atoms with E-state index in [0.29, 0.717) is 12.0 Å². The van der Waals surface area contributed by atoms with Gasteiger partial charge < -0.3 is 14.8 Å². The van der Waals surface area contributed by atoms with Crippen molar-refractivity contribution in [2.45, 2.75) is 64.5 Å². The molecule has 0 saturated heterocycles. The largest absolute Gasteiger partial charge is 0.493 e. The fourth-order valence-electron chi connectivity index (χ4n) is 3.83. The van der Waals surface area contributed by atoms with Crippen molar-refractivity contribution >= 4 is 0 Å². The molecule has 1 aromatic carbocycles. The summed E-state index contributed by atoms with van der Waals surface area (Å²) in [5.41, 5.74) is 1.28. The van der Waals surface area contributed by atoms with Crippen LogP contribution in [0.1, 0.15) is 64.5 Å². The normalized spacial score (nSPS) is 22.6. The van der Waals surface area contributed by atoms with Crippen LogP contribution in [0.15, 0.2) is 18.2 Å². The maximum Gasteiger partial charge on any atom is 0.128 e. The monoisotopic (exact) mass is 303 g/mol. The van der Waals surface area contributed by atoms with Crippen LogP contribution in [0.5, 0.6) is 11.5 Å². The summed E-state index contributed by atoms with van der Waals surface area (Å²) in [5, 5.41) is 3.66. The van der Waals surface area contributed by atoms with Crippen molar-refractivity contribution in [1.82, 2.24) is 5.32 Å². The van der Waals surface area contributed by atoms with Crippen LogP contribution in [0.3, 0.4) is 0 Å². The Morgan fingerprint density at radius 3 is 2.77 bits per heavy atom. The van der Waals surface area contributed by atoms with Crippen LogP contribution in [0.25, 0.3) is 0 Å². The predicted octanol–water partition coefficient (Wildman–Crippen LogP) is 4.47. The summed E-state index contributed by atoms with van der Waals surface area (Å²) >= 11 is 0. The van der Waals surface area contributed by atoms with E-state index in [4.69, 9.17) is 9.47 Å². The Labute approximate surface area is 134 Å². The summed E-state index contributed by atoms with van der Waals surface area (Å²) in [6, 6.07) is 6.60. The van der Waals surface area contributed by atoms with Crippen LogP contribution in [0.2, 0.25) is 0 Å². The number of fused-ring (bicyclic) bond motifs is 1. The molecule has 22 heavy (non-hydrogen) atoms. The summed E-state index contributed by atoms with van der Waals surface area (Å²) in [7, 11) is 0. The molecule has 3 heteroatoms. The highest BCUT2D eigenvalue weighted by molar-refractivity contribution is 5.49. The third kappa shape index (κ3) is 3.10. The number of nitrogens with one attached hydrogen (secondary N) is 1. The zero-order chi connectivity index (χ0) is 15.6. The summed E-state index contributed by atoms with van der Waals surface area (Å²) in [6.07, 6.45) is 6.02. The molecule has 1 saturated carbocycles. The van der Waals surface area contributed by atoms with Crippen LogP contribution in [-0.4, -0.2) is 18.8 Å². The molecule has 0 amide bonds. The average molecular weight is 303 g/mol. The van der Waals surface area contributed by atoms with E-state index >= 15 is 0 Å². The van der Waals surface area contributed by atoms with Crippen molar-refractivity contribution in [1.29, 1.82) is 0 Å². The van der Waals surface area contributed by atoms with E-state index in [2.05, 4.69) is 44.3 Å². The highest BCUT2D eigenvalue weighted by Gasteiger charge is 2.43. The molecule has 0 radical (unpaired) electrons. The highest BCUT2D eigenvalue weighted by atomic mass is 16.5. The van der Waals surface area contributed by atoms with Crippen molar-refractivity contribution in [2.24, 2.45) is 5.92 Å². The molecule has 122 valence electrons. The summed E-state index contributed by atoms with van der Waals surface area (Å²) in [6.45, 7) is 8.26. The zero-order valence-corrected chi connectivity index (χ0v) is 14.2. The molecule has 1 aromatic rings. The van der Waals surface area contributed by atoms with Gasteiger partial charge in [0.1, 0.15) is 17.1 Å². The first-order valence-corrected chi connectivity index (χ1v) is 8.81. The standard InChI is InChI=1S/C19H29NO2/c1-4-20-15-12-19(10-5-6-11-19)22-17-9-7-8-16(18(15)17)21-13-14(2)3/h7-9,14-15,20H,4-6,10-13H2,1-3H3. The average Bonchev–Trinajstić information content (AvgIpc) is 2.92. The first kappa shape index (κ1) is 15.7. The Morgan fingerprint density at radius 2 is 2.09 bits per heavy atom. The molecule has 0 bridgehead atoms. The molecule has 2 aliphatic rings. The van der Waals surface area contributed by atoms with Gasteiger partial charge in [0, 0.05) is 12.5 Å². The lowest BCUT2D eigenvalue weighted by atomic mass is 9.85. The fraction of sp³-hybridized carbons (Fsp3) is 0.684. The molecule has 1 heterocycles. The van der Waals surface area contributed by atoms with Gasteiger partial charge in [-0.3, -0.25) is 0 Å². The molecule has 1 spiro atoms. The van der Waals surface area contributed by atoms with Crippen LogP contribution in [0.4, 0.5) is 0 Å². The Bertz CT molecular complexity index is 506. The molecule has 1 aliphatic heterocycles. The SMILES string of the molecule is CCNC1CC2(CCCC2)Oc2cccc(OCC(C)C)c21. The minimum Gasteiger partial charge on any atom is -0.493 e. The Balaban J connectivity index is 1.92. The van der Waals surface area contributed by atoms with Gasteiger partial charge in [-0.1, -0.05) is 26.8 Å². The van der Waals surface area contributed by atoms with Gasteiger partial charge in [-0.25, -0.2) is 0 Å². The van der Waals surface area contributed by atoms with Crippen LogP contribution in [-0.2, 0) is 0 Å². The number of hydrogen-bond acceptors (Lipinski definition) is 3.